The first-order valence-corrected chi connectivity index (χ1v) is 9.92. The zero-order valence-electron chi connectivity index (χ0n) is 15.8. The van der Waals surface area contributed by atoms with E-state index in [0.717, 1.165) is 18.4 Å². The van der Waals surface area contributed by atoms with Gasteiger partial charge in [-0.05, 0) is 48.6 Å². The van der Waals surface area contributed by atoms with Crippen molar-refractivity contribution in [2.45, 2.75) is 25.3 Å². The molecule has 30 heavy (non-hydrogen) atoms. The van der Waals surface area contributed by atoms with Crippen LogP contribution >= 0.6 is 11.6 Å². The Labute approximate surface area is 176 Å². The summed E-state index contributed by atoms with van der Waals surface area (Å²) in [6, 6.07) is 14.9. The first-order chi connectivity index (χ1) is 14.7. The van der Waals surface area contributed by atoms with Crippen molar-refractivity contribution in [2.75, 3.05) is 5.32 Å². The minimum absolute atomic E-state index is 0.309. The molecule has 0 radical (unpaired) electrons. The van der Waals surface area contributed by atoms with Crippen molar-refractivity contribution in [1.29, 1.82) is 5.26 Å². The Morgan fingerprint density at radius 3 is 2.80 bits per heavy atom. The fraction of sp³-hybridized carbons (Fsp3) is 0.182. The number of aromatic nitrogens is 3. The molecule has 0 atom stereocenters. The topological polar surface area (TPSA) is 96.7 Å². The standard InChI is InChI=1S/C22H16ClN5O2/c23-18-3-1-2-4-19(18)28-20-10-16(13-5-6-13)14(11-24)9-17(20)21(27-22(28)29)25-12-15-7-8-26-30-15/h1-4,7-10,13H,5-6,12H2,(H,25,27,29). The van der Waals surface area contributed by atoms with Crippen LogP contribution in [0.15, 0.2) is 58.0 Å². The Bertz CT molecular complexity index is 1350. The van der Waals surface area contributed by atoms with Gasteiger partial charge >= 0.3 is 5.69 Å². The van der Waals surface area contributed by atoms with E-state index in [9.17, 15) is 10.1 Å². The summed E-state index contributed by atoms with van der Waals surface area (Å²) in [5.41, 5.74) is 2.30. The number of rotatable bonds is 5. The van der Waals surface area contributed by atoms with Crippen LogP contribution in [0, 0.1) is 11.3 Å². The van der Waals surface area contributed by atoms with Crippen LogP contribution in [0.5, 0.6) is 0 Å². The summed E-state index contributed by atoms with van der Waals surface area (Å²) in [5, 5.41) is 17.6. The van der Waals surface area contributed by atoms with Crippen LogP contribution in [0.3, 0.4) is 0 Å². The fourth-order valence-corrected chi connectivity index (χ4v) is 3.84. The molecule has 1 N–H and O–H groups in total. The van der Waals surface area contributed by atoms with Gasteiger partial charge in [-0.15, -0.1) is 0 Å². The normalized spacial score (nSPS) is 13.3. The Balaban J connectivity index is 1.76. The van der Waals surface area contributed by atoms with E-state index < -0.39 is 5.69 Å². The molecule has 2 aromatic heterocycles. The van der Waals surface area contributed by atoms with Crippen molar-refractivity contribution < 1.29 is 4.52 Å². The summed E-state index contributed by atoms with van der Waals surface area (Å²) >= 11 is 6.40. The van der Waals surface area contributed by atoms with Crippen LogP contribution in [-0.2, 0) is 6.54 Å². The van der Waals surface area contributed by atoms with Gasteiger partial charge in [0.2, 0.25) is 0 Å². The molecule has 7 nitrogen and oxygen atoms in total. The smallest absolute Gasteiger partial charge is 0.354 e. The second-order valence-corrected chi connectivity index (χ2v) is 7.61. The number of nitrogens with one attached hydrogen (secondary N) is 1. The minimum atomic E-state index is -0.456. The third kappa shape index (κ3) is 3.21. The van der Waals surface area contributed by atoms with Gasteiger partial charge in [0, 0.05) is 11.5 Å². The number of benzene rings is 2. The number of nitriles is 1. The predicted molar refractivity (Wildman–Crippen MR) is 113 cm³/mol. The van der Waals surface area contributed by atoms with E-state index >= 15 is 0 Å². The molecule has 0 aliphatic heterocycles. The van der Waals surface area contributed by atoms with Crippen LogP contribution < -0.4 is 11.0 Å². The van der Waals surface area contributed by atoms with Crippen LogP contribution in [-0.4, -0.2) is 14.7 Å². The maximum absolute atomic E-state index is 13.1. The highest BCUT2D eigenvalue weighted by molar-refractivity contribution is 6.32. The lowest BCUT2D eigenvalue weighted by atomic mass is 10.0. The molecule has 1 fully saturated rings. The van der Waals surface area contributed by atoms with Gasteiger partial charge in [-0.2, -0.15) is 10.2 Å². The van der Waals surface area contributed by atoms with E-state index in [0.29, 0.717) is 51.2 Å². The molecule has 1 saturated carbocycles. The van der Waals surface area contributed by atoms with Gasteiger partial charge in [0.15, 0.2) is 5.76 Å². The number of hydrogen-bond donors (Lipinski definition) is 1. The van der Waals surface area contributed by atoms with Gasteiger partial charge in [-0.25, -0.2) is 4.79 Å². The molecule has 0 spiro atoms. The summed E-state index contributed by atoms with van der Waals surface area (Å²) in [5.74, 6) is 1.33. The Hall–Kier alpha value is -3.63. The highest BCUT2D eigenvalue weighted by Crippen LogP contribution is 2.43. The van der Waals surface area contributed by atoms with Crippen molar-refractivity contribution in [3.8, 4) is 11.8 Å². The highest BCUT2D eigenvalue weighted by atomic mass is 35.5. The third-order valence-corrected chi connectivity index (χ3v) is 5.53. The van der Waals surface area contributed by atoms with Crippen molar-refractivity contribution in [2.24, 2.45) is 0 Å². The molecular weight excluding hydrogens is 402 g/mol. The lowest BCUT2D eigenvalue weighted by molar-refractivity contribution is 0.388. The summed E-state index contributed by atoms with van der Waals surface area (Å²) in [7, 11) is 0. The predicted octanol–water partition coefficient (Wildman–Crippen LogP) is 4.39. The Morgan fingerprint density at radius 1 is 1.27 bits per heavy atom. The molecule has 2 heterocycles. The molecule has 1 aliphatic rings. The fourth-order valence-electron chi connectivity index (χ4n) is 3.62. The molecule has 8 heteroatoms. The molecule has 4 aromatic rings. The molecule has 2 aromatic carbocycles. The van der Waals surface area contributed by atoms with E-state index in [4.69, 9.17) is 16.1 Å². The zero-order chi connectivity index (χ0) is 20.7. The van der Waals surface area contributed by atoms with Gasteiger partial charge in [0.1, 0.15) is 5.82 Å². The number of nitrogens with zero attached hydrogens (tertiary/aromatic N) is 4. The first-order valence-electron chi connectivity index (χ1n) is 9.55. The van der Waals surface area contributed by atoms with Crippen LogP contribution in [0.2, 0.25) is 5.02 Å². The van der Waals surface area contributed by atoms with E-state index in [2.05, 4.69) is 21.5 Å². The SMILES string of the molecule is N#Cc1cc2c(NCc3ccno3)nc(=O)n(-c3ccccc3Cl)c2cc1C1CC1. The lowest BCUT2D eigenvalue weighted by Gasteiger charge is -2.16. The largest absolute Gasteiger partial charge is 0.362 e. The van der Waals surface area contributed by atoms with Gasteiger partial charge in [0.25, 0.3) is 0 Å². The molecule has 0 bridgehead atoms. The van der Waals surface area contributed by atoms with E-state index in [-0.39, 0.29) is 0 Å². The van der Waals surface area contributed by atoms with Crippen molar-refractivity contribution in [3.05, 3.63) is 81.1 Å². The molecule has 0 saturated heterocycles. The summed E-state index contributed by atoms with van der Waals surface area (Å²) in [6.45, 7) is 0.309. The van der Waals surface area contributed by atoms with E-state index in [1.807, 2.05) is 18.2 Å². The van der Waals surface area contributed by atoms with Crippen LogP contribution in [0.1, 0.15) is 35.6 Å². The maximum Gasteiger partial charge on any atom is 0.354 e. The van der Waals surface area contributed by atoms with Crippen molar-refractivity contribution in [3.63, 3.8) is 0 Å². The van der Waals surface area contributed by atoms with Crippen molar-refractivity contribution in [1.82, 2.24) is 14.7 Å². The second-order valence-electron chi connectivity index (χ2n) is 7.20. The van der Waals surface area contributed by atoms with Crippen molar-refractivity contribution >= 4 is 28.3 Å². The molecule has 0 unspecified atom stereocenters. The lowest BCUT2D eigenvalue weighted by Crippen LogP contribution is -2.24. The first kappa shape index (κ1) is 18.4. The Morgan fingerprint density at radius 2 is 2.10 bits per heavy atom. The average molecular weight is 418 g/mol. The van der Waals surface area contributed by atoms with Gasteiger partial charge in [0.05, 0.1) is 40.6 Å². The second kappa shape index (κ2) is 7.32. The molecule has 148 valence electrons. The summed E-state index contributed by atoms with van der Waals surface area (Å²) in [6.07, 6.45) is 3.63. The number of fused-ring (bicyclic) bond motifs is 1. The number of halogens is 1. The maximum atomic E-state index is 13.1. The average Bonchev–Trinajstić information content (AvgIpc) is 3.47. The van der Waals surface area contributed by atoms with Gasteiger partial charge in [-0.1, -0.05) is 28.9 Å². The summed E-state index contributed by atoms with van der Waals surface area (Å²) < 4.78 is 6.62. The minimum Gasteiger partial charge on any atom is -0.362 e. The van der Waals surface area contributed by atoms with Crippen LogP contribution in [0.25, 0.3) is 16.6 Å². The number of para-hydroxylation sites is 1. The third-order valence-electron chi connectivity index (χ3n) is 5.21. The van der Waals surface area contributed by atoms with Crippen LogP contribution in [0.4, 0.5) is 5.82 Å². The molecular formula is C22H16ClN5O2. The highest BCUT2D eigenvalue weighted by Gasteiger charge is 2.28. The molecule has 1 aliphatic carbocycles. The zero-order valence-corrected chi connectivity index (χ0v) is 16.6. The Kier molecular flexibility index (Phi) is 4.49. The quantitative estimate of drug-likeness (QED) is 0.517. The van der Waals surface area contributed by atoms with Gasteiger partial charge < -0.3 is 9.84 Å². The van der Waals surface area contributed by atoms with E-state index in [1.54, 1.807) is 30.5 Å². The monoisotopic (exact) mass is 417 g/mol. The number of hydrogen-bond acceptors (Lipinski definition) is 6. The number of anilines is 1. The van der Waals surface area contributed by atoms with E-state index in [1.165, 1.54) is 4.57 Å². The van der Waals surface area contributed by atoms with Gasteiger partial charge in [-0.3, -0.25) is 4.57 Å². The molecule has 5 rings (SSSR count). The summed E-state index contributed by atoms with van der Waals surface area (Å²) in [4.78, 5) is 17.3. The molecule has 0 amide bonds.